The van der Waals surface area contributed by atoms with Gasteiger partial charge in [0.05, 0.1) is 0 Å². The summed E-state index contributed by atoms with van der Waals surface area (Å²) in [5, 5.41) is 0. The highest BCUT2D eigenvalue weighted by molar-refractivity contribution is 5.37. The molecule has 0 aliphatic carbocycles. The van der Waals surface area contributed by atoms with E-state index in [4.69, 9.17) is 10.5 Å². The number of hydrogen-bond donors (Lipinski definition) is 1. The summed E-state index contributed by atoms with van der Waals surface area (Å²) in [4.78, 5) is 0. The van der Waals surface area contributed by atoms with E-state index < -0.39 is 0 Å². The lowest BCUT2D eigenvalue weighted by atomic mass is 9.96. The quantitative estimate of drug-likeness (QED) is 0.878. The lowest BCUT2D eigenvalue weighted by Crippen LogP contribution is -2.32. The average Bonchev–Trinajstić information content (AvgIpc) is 2.47. The third kappa shape index (κ3) is 3.64. The smallest absolute Gasteiger partial charge is 0.139 e. The van der Waals surface area contributed by atoms with Crippen molar-refractivity contribution in [3.63, 3.8) is 0 Å². The highest BCUT2D eigenvalue weighted by atomic mass is 16.5. The molecule has 0 radical (unpaired) electrons. The molecule has 0 saturated carbocycles. The second-order valence-electron chi connectivity index (χ2n) is 5.74. The Balaban J connectivity index is 2.35. The highest BCUT2D eigenvalue weighted by Crippen LogP contribution is 2.30. The molecule has 0 aliphatic rings. The maximum Gasteiger partial charge on any atom is 0.139 e. The van der Waals surface area contributed by atoms with Gasteiger partial charge in [0, 0.05) is 6.04 Å². The number of aryl methyl sites for hydroxylation is 3. The first-order chi connectivity index (χ1) is 10.0. The Morgan fingerprint density at radius 3 is 2.33 bits per heavy atom. The van der Waals surface area contributed by atoms with Crippen LogP contribution in [0.1, 0.15) is 41.7 Å². The van der Waals surface area contributed by atoms with Gasteiger partial charge in [-0.3, -0.25) is 0 Å². The van der Waals surface area contributed by atoms with Crippen LogP contribution in [0, 0.1) is 20.8 Å². The van der Waals surface area contributed by atoms with Crippen molar-refractivity contribution in [1.29, 1.82) is 0 Å². The molecule has 0 amide bonds. The maximum atomic E-state index is 6.32. The molecule has 2 aromatic carbocycles. The minimum Gasteiger partial charge on any atom is -0.484 e. The van der Waals surface area contributed by atoms with Gasteiger partial charge in [-0.2, -0.15) is 0 Å². The molecule has 2 heteroatoms. The lowest BCUT2D eigenvalue weighted by molar-refractivity contribution is 0.169. The third-order valence-corrected chi connectivity index (χ3v) is 3.94. The van der Waals surface area contributed by atoms with Crippen LogP contribution in [0.25, 0.3) is 0 Å². The van der Waals surface area contributed by atoms with E-state index in [9.17, 15) is 0 Å². The first-order valence-electron chi connectivity index (χ1n) is 7.58. The van der Waals surface area contributed by atoms with Crippen molar-refractivity contribution in [2.24, 2.45) is 5.73 Å². The Morgan fingerprint density at radius 1 is 1.00 bits per heavy atom. The van der Waals surface area contributed by atoms with Crippen molar-refractivity contribution in [1.82, 2.24) is 0 Å². The topological polar surface area (TPSA) is 35.2 Å². The molecule has 2 N–H and O–H groups in total. The maximum absolute atomic E-state index is 6.32. The molecule has 2 rings (SSSR count). The number of ether oxygens (including phenoxy) is 1. The number of hydrogen-bond acceptors (Lipinski definition) is 2. The van der Waals surface area contributed by atoms with Crippen LogP contribution in [-0.2, 0) is 0 Å². The minimum absolute atomic E-state index is 0.0215. The van der Waals surface area contributed by atoms with Gasteiger partial charge in [0.25, 0.3) is 0 Å². The van der Waals surface area contributed by atoms with Crippen molar-refractivity contribution >= 4 is 0 Å². The normalized spacial score (nSPS) is 13.8. The molecule has 2 nitrogen and oxygen atoms in total. The van der Waals surface area contributed by atoms with E-state index in [1.165, 1.54) is 16.7 Å². The van der Waals surface area contributed by atoms with Crippen LogP contribution >= 0.6 is 0 Å². The molecule has 0 aliphatic heterocycles. The van der Waals surface area contributed by atoms with Gasteiger partial charge in [0.1, 0.15) is 11.9 Å². The number of rotatable bonds is 5. The molecule has 2 unspecified atom stereocenters. The van der Waals surface area contributed by atoms with Gasteiger partial charge in [-0.25, -0.2) is 0 Å². The summed E-state index contributed by atoms with van der Waals surface area (Å²) < 4.78 is 6.29. The summed E-state index contributed by atoms with van der Waals surface area (Å²) in [6, 6.07) is 14.5. The first-order valence-corrected chi connectivity index (χ1v) is 7.58. The zero-order valence-corrected chi connectivity index (χ0v) is 13.4. The second kappa shape index (κ2) is 6.77. The Hall–Kier alpha value is -1.80. The Kier molecular flexibility index (Phi) is 5.03. The fourth-order valence-corrected chi connectivity index (χ4v) is 2.57. The predicted molar refractivity (Wildman–Crippen MR) is 88.7 cm³/mol. The third-order valence-electron chi connectivity index (χ3n) is 3.94. The zero-order chi connectivity index (χ0) is 15.4. The van der Waals surface area contributed by atoms with Crippen molar-refractivity contribution < 1.29 is 4.74 Å². The van der Waals surface area contributed by atoms with Crippen LogP contribution in [0.5, 0.6) is 5.75 Å². The van der Waals surface area contributed by atoms with Gasteiger partial charge < -0.3 is 10.5 Å². The summed E-state index contributed by atoms with van der Waals surface area (Å²) in [5.74, 6) is 0.915. The van der Waals surface area contributed by atoms with Crippen LogP contribution in [0.2, 0.25) is 0 Å². The summed E-state index contributed by atoms with van der Waals surface area (Å²) in [5.41, 5.74) is 11.1. The van der Waals surface area contributed by atoms with E-state index in [1.54, 1.807) is 0 Å². The van der Waals surface area contributed by atoms with Crippen LogP contribution in [0.3, 0.4) is 0 Å². The molecule has 0 spiro atoms. The van der Waals surface area contributed by atoms with Gasteiger partial charge in [-0.15, -0.1) is 0 Å². The molecule has 0 heterocycles. The minimum atomic E-state index is -0.113. The molecule has 0 aromatic heterocycles. The van der Waals surface area contributed by atoms with Gasteiger partial charge in [0.15, 0.2) is 0 Å². The monoisotopic (exact) mass is 283 g/mol. The lowest BCUT2D eigenvalue weighted by Gasteiger charge is -2.27. The van der Waals surface area contributed by atoms with Crippen LogP contribution in [0.4, 0.5) is 0 Å². The summed E-state index contributed by atoms with van der Waals surface area (Å²) in [6.45, 7) is 8.37. The predicted octanol–water partition coefficient (Wildman–Crippen LogP) is 4.47. The standard InChI is InChI=1S/C19H25NO/c1-5-17(20)19(16-9-7-6-8-14(16)3)21-18-11-10-13(2)12-15(18)4/h6-12,17,19H,5,20H2,1-4H3. The Morgan fingerprint density at radius 2 is 1.71 bits per heavy atom. The molecule has 21 heavy (non-hydrogen) atoms. The SMILES string of the molecule is CCC(N)C(Oc1ccc(C)cc1C)c1ccccc1C. The first kappa shape index (κ1) is 15.6. The van der Waals surface area contributed by atoms with Gasteiger partial charge in [-0.1, -0.05) is 48.9 Å². The summed E-state index contributed by atoms with van der Waals surface area (Å²) in [7, 11) is 0. The molecular formula is C19H25NO. The number of nitrogens with two attached hydrogens (primary N) is 1. The highest BCUT2D eigenvalue weighted by Gasteiger charge is 2.22. The van der Waals surface area contributed by atoms with E-state index >= 15 is 0 Å². The summed E-state index contributed by atoms with van der Waals surface area (Å²) in [6.07, 6.45) is 0.766. The van der Waals surface area contributed by atoms with E-state index in [0.29, 0.717) is 0 Å². The molecule has 2 atom stereocenters. The molecule has 0 saturated heterocycles. The molecule has 0 bridgehead atoms. The summed E-state index contributed by atoms with van der Waals surface area (Å²) >= 11 is 0. The van der Waals surface area contributed by atoms with E-state index in [1.807, 2.05) is 18.2 Å². The Bertz CT molecular complexity index is 606. The van der Waals surface area contributed by atoms with Crippen LogP contribution in [0.15, 0.2) is 42.5 Å². The van der Waals surface area contributed by atoms with Crippen LogP contribution < -0.4 is 10.5 Å². The fourth-order valence-electron chi connectivity index (χ4n) is 2.57. The van der Waals surface area contributed by atoms with Gasteiger partial charge in [-0.05, 0) is 49.9 Å². The van der Waals surface area contributed by atoms with E-state index in [2.05, 4.69) is 52.0 Å². The average molecular weight is 283 g/mol. The van der Waals surface area contributed by atoms with Crippen LogP contribution in [-0.4, -0.2) is 6.04 Å². The molecule has 0 fully saturated rings. The fraction of sp³-hybridized carbons (Fsp3) is 0.368. The Labute approximate surface area is 127 Å². The van der Waals surface area contributed by atoms with Crippen molar-refractivity contribution in [3.05, 3.63) is 64.7 Å². The van der Waals surface area contributed by atoms with E-state index in [-0.39, 0.29) is 12.1 Å². The largest absolute Gasteiger partial charge is 0.484 e. The van der Waals surface area contributed by atoms with Crippen molar-refractivity contribution in [2.45, 2.75) is 46.3 Å². The van der Waals surface area contributed by atoms with Crippen molar-refractivity contribution in [3.8, 4) is 5.75 Å². The van der Waals surface area contributed by atoms with Gasteiger partial charge in [0.2, 0.25) is 0 Å². The molecule has 112 valence electrons. The molecular weight excluding hydrogens is 258 g/mol. The molecule has 2 aromatic rings. The zero-order valence-electron chi connectivity index (χ0n) is 13.4. The number of benzene rings is 2. The van der Waals surface area contributed by atoms with Crippen molar-refractivity contribution in [2.75, 3.05) is 0 Å². The van der Waals surface area contributed by atoms with Gasteiger partial charge >= 0.3 is 0 Å². The second-order valence-corrected chi connectivity index (χ2v) is 5.74. The van der Waals surface area contributed by atoms with E-state index in [0.717, 1.165) is 17.7 Å².